The summed E-state index contributed by atoms with van der Waals surface area (Å²) in [6, 6.07) is 12.8. The molecule has 2 aromatic rings. The number of rotatable bonds is 5. The van der Waals surface area contributed by atoms with Gasteiger partial charge in [0, 0.05) is 26.2 Å². The highest BCUT2D eigenvalue weighted by atomic mass is 16.5. The van der Waals surface area contributed by atoms with Crippen LogP contribution in [0, 0.1) is 11.3 Å². The zero-order valence-corrected chi connectivity index (χ0v) is 14.2. The van der Waals surface area contributed by atoms with Gasteiger partial charge in [-0.15, -0.1) is 0 Å². The van der Waals surface area contributed by atoms with Gasteiger partial charge >= 0.3 is 0 Å². The molecule has 0 radical (unpaired) electrons. The van der Waals surface area contributed by atoms with Crippen LogP contribution in [0.2, 0.25) is 0 Å². The van der Waals surface area contributed by atoms with Crippen molar-refractivity contribution in [2.45, 2.75) is 19.6 Å². The molecule has 1 aliphatic heterocycles. The molecule has 0 N–H and O–H groups in total. The number of hydrogen-bond donors (Lipinski definition) is 0. The second-order valence-electron chi connectivity index (χ2n) is 6.08. The maximum Gasteiger partial charge on any atom is 0.263 e. The van der Waals surface area contributed by atoms with Gasteiger partial charge in [-0.1, -0.05) is 6.07 Å². The van der Waals surface area contributed by atoms with E-state index in [0.717, 1.165) is 25.4 Å². The molecule has 0 aliphatic carbocycles. The lowest BCUT2D eigenvalue weighted by atomic mass is 10.2. The van der Waals surface area contributed by atoms with E-state index in [1.807, 2.05) is 17.0 Å². The molecule has 1 amide bonds. The average Bonchev–Trinajstić information content (AvgIpc) is 3.15. The number of benzene rings is 1. The Bertz CT molecular complexity index is 744. The van der Waals surface area contributed by atoms with Gasteiger partial charge in [-0.3, -0.25) is 9.69 Å². The number of carbonyl (C=O) groups is 1. The summed E-state index contributed by atoms with van der Waals surface area (Å²) < 4.78 is 11.1. The van der Waals surface area contributed by atoms with Crippen LogP contribution < -0.4 is 4.74 Å². The number of nitriles is 1. The molecule has 0 saturated carbocycles. The fourth-order valence-corrected chi connectivity index (χ4v) is 2.90. The largest absolute Gasteiger partial charge is 0.481 e. The molecule has 1 aromatic heterocycles. The molecule has 2 heterocycles. The van der Waals surface area contributed by atoms with Gasteiger partial charge in [0.15, 0.2) is 6.10 Å². The van der Waals surface area contributed by atoms with Crippen LogP contribution in [0.4, 0.5) is 0 Å². The fraction of sp³-hybridized carbons (Fsp3) is 0.368. The van der Waals surface area contributed by atoms with E-state index in [1.54, 1.807) is 37.5 Å². The van der Waals surface area contributed by atoms with Crippen molar-refractivity contribution in [1.82, 2.24) is 9.80 Å². The Hall–Kier alpha value is -2.78. The van der Waals surface area contributed by atoms with E-state index in [4.69, 9.17) is 14.4 Å². The summed E-state index contributed by atoms with van der Waals surface area (Å²) >= 11 is 0. The third-order valence-corrected chi connectivity index (χ3v) is 4.27. The summed E-state index contributed by atoms with van der Waals surface area (Å²) in [6.45, 7) is 5.47. The van der Waals surface area contributed by atoms with Crippen LogP contribution in [0.15, 0.2) is 47.1 Å². The highest BCUT2D eigenvalue weighted by molar-refractivity contribution is 5.81. The van der Waals surface area contributed by atoms with Crippen molar-refractivity contribution in [3.8, 4) is 11.8 Å². The molecule has 1 aromatic carbocycles. The van der Waals surface area contributed by atoms with Gasteiger partial charge in [-0.05, 0) is 37.3 Å². The zero-order chi connectivity index (χ0) is 17.6. The maximum atomic E-state index is 12.6. The summed E-state index contributed by atoms with van der Waals surface area (Å²) in [6.07, 6.45) is 1.10. The van der Waals surface area contributed by atoms with Crippen molar-refractivity contribution in [2.75, 3.05) is 26.2 Å². The van der Waals surface area contributed by atoms with Gasteiger partial charge in [0.1, 0.15) is 11.5 Å². The van der Waals surface area contributed by atoms with Gasteiger partial charge < -0.3 is 14.1 Å². The van der Waals surface area contributed by atoms with Gasteiger partial charge in [0.25, 0.3) is 5.91 Å². The molecular formula is C19H21N3O3. The quantitative estimate of drug-likeness (QED) is 0.836. The van der Waals surface area contributed by atoms with Crippen LogP contribution in [0.3, 0.4) is 0 Å². The molecule has 1 aliphatic rings. The van der Waals surface area contributed by atoms with E-state index in [-0.39, 0.29) is 5.91 Å². The molecular weight excluding hydrogens is 318 g/mol. The molecule has 6 heteroatoms. The highest BCUT2D eigenvalue weighted by Gasteiger charge is 2.26. The van der Waals surface area contributed by atoms with Gasteiger partial charge in [-0.25, -0.2) is 0 Å². The molecule has 25 heavy (non-hydrogen) atoms. The second kappa shape index (κ2) is 7.86. The SMILES string of the molecule is C[C@H](Oc1cccc(C#N)c1)C(=O)N1CCN(Cc2ccco2)CC1. The van der Waals surface area contributed by atoms with Gasteiger partial charge in [-0.2, -0.15) is 5.26 Å². The summed E-state index contributed by atoms with van der Waals surface area (Å²) in [5.41, 5.74) is 0.517. The minimum Gasteiger partial charge on any atom is -0.481 e. The first-order valence-electron chi connectivity index (χ1n) is 8.36. The molecule has 1 atom stereocenters. The van der Waals surface area contributed by atoms with Crippen molar-refractivity contribution in [1.29, 1.82) is 5.26 Å². The predicted molar refractivity (Wildman–Crippen MR) is 91.8 cm³/mol. The average molecular weight is 339 g/mol. The summed E-state index contributed by atoms with van der Waals surface area (Å²) in [7, 11) is 0. The van der Waals surface area contributed by atoms with Crippen LogP contribution in [0.1, 0.15) is 18.2 Å². The Morgan fingerprint density at radius 2 is 2.08 bits per heavy atom. The van der Waals surface area contributed by atoms with Gasteiger partial charge in [0.2, 0.25) is 0 Å². The molecule has 6 nitrogen and oxygen atoms in total. The summed E-state index contributed by atoms with van der Waals surface area (Å²) in [5.74, 6) is 1.45. The summed E-state index contributed by atoms with van der Waals surface area (Å²) in [5, 5.41) is 8.93. The first-order chi connectivity index (χ1) is 12.2. The first-order valence-corrected chi connectivity index (χ1v) is 8.36. The Morgan fingerprint density at radius 3 is 2.76 bits per heavy atom. The van der Waals surface area contributed by atoms with Crippen molar-refractivity contribution < 1.29 is 13.9 Å². The topological polar surface area (TPSA) is 69.7 Å². The number of piperazine rings is 1. The third kappa shape index (κ3) is 4.40. The normalized spacial score (nSPS) is 16.2. The van der Waals surface area contributed by atoms with E-state index >= 15 is 0 Å². The molecule has 1 fully saturated rings. The van der Waals surface area contributed by atoms with Crippen molar-refractivity contribution in [2.24, 2.45) is 0 Å². The number of hydrogen-bond acceptors (Lipinski definition) is 5. The minimum absolute atomic E-state index is 0.0278. The first kappa shape index (κ1) is 17.1. The minimum atomic E-state index is -0.578. The molecule has 1 saturated heterocycles. The lowest BCUT2D eigenvalue weighted by Gasteiger charge is -2.35. The lowest BCUT2D eigenvalue weighted by Crippen LogP contribution is -2.51. The Morgan fingerprint density at radius 1 is 1.28 bits per heavy atom. The Labute approximate surface area is 147 Å². The maximum absolute atomic E-state index is 12.6. The lowest BCUT2D eigenvalue weighted by molar-refractivity contribution is -0.139. The van der Waals surface area contributed by atoms with Crippen LogP contribution in [-0.2, 0) is 11.3 Å². The number of ether oxygens (including phenoxy) is 1. The number of carbonyl (C=O) groups excluding carboxylic acids is 1. The van der Waals surface area contributed by atoms with Crippen molar-refractivity contribution in [3.05, 3.63) is 54.0 Å². The van der Waals surface area contributed by atoms with E-state index < -0.39 is 6.10 Å². The van der Waals surface area contributed by atoms with E-state index in [2.05, 4.69) is 11.0 Å². The Balaban J connectivity index is 1.50. The molecule has 0 spiro atoms. The van der Waals surface area contributed by atoms with E-state index in [1.165, 1.54) is 0 Å². The van der Waals surface area contributed by atoms with Crippen LogP contribution in [0.5, 0.6) is 5.75 Å². The van der Waals surface area contributed by atoms with Crippen LogP contribution >= 0.6 is 0 Å². The highest BCUT2D eigenvalue weighted by Crippen LogP contribution is 2.16. The second-order valence-corrected chi connectivity index (χ2v) is 6.08. The fourth-order valence-electron chi connectivity index (χ4n) is 2.90. The van der Waals surface area contributed by atoms with Crippen molar-refractivity contribution in [3.63, 3.8) is 0 Å². The molecule has 130 valence electrons. The third-order valence-electron chi connectivity index (χ3n) is 4.27. The smallest absolute Gasteiger partial charge is 0.263 e. The number of nitrogens with zero attached hydrogens (tertiary/aromatic N) is 3. The number of amides is 1. The van der Waals surface area contributed by atoms with E-state index in [9.17, 15) is 4.79 Å². The van der Waals surface area contributed by atoms with Gasteiger partial charge in [0.05, 0.1) is 24.4 Å². The zero-order valence-electron chi connectivity index (χ0n) is 14.2. The van der Waals surface area contributed by atoms with Crippen LogP contribution in [0.25, 0.3) is 0 Å². The standard InChI is InChI=1S/C19H21N3O3/c1-15(25-17-5-2-4-16(12-17)13-20)19(23)22-9-7-21(8-10-22)14-18-6-3-11-24-18/h2-6,11-12,15H,7-10,14H2,1H3/t15-/m0/s1. The molecule has 0 unspecified atom stereocenters. The predicted octanol–water partition coefficient (Wildman–Crippen LogP) is 2.26. The monoisotopic (exact) mass is 339 g/mol. The van der Waals surface area contributed by atoms with E-state index in [0.29, 0.717) is 24.4 Å². The Kier molecular flexibility index (Phi) is 5.36. The van der Waals surface area contributed by atoms with Crippen molar-refractivity contribution >= 4 is 5.91 Å². The molecule has 3 rings (SSSR count). The molecule has 0 bridgehead atoms. The van der Waals surface area contributed by atoms with Crippen LogP contribution in [-0.4, -0.2) is 48.0 Å². The summed E-state index contributed by atoms with van der Waals surface area (Å²) in [4.78, 5) is 16.7. The number of furan rings is 1.